The maximum absolute atomic E-state index is 12.7. The summed E-state index contributed by atoms with van der Waals surface area (Å²) in [5.41, 5.74) is -0.679. The lowest BCUT2D eigenvalue weighted by Crippen LogP contribution is -2.15. The average molecular weight is 160 g/mol. The Bertz CT molecular complexity index is 224. The monoisotopic (exact) mass is 160 g/mol. The molecule has 1 N–H and O–H groups in total. The Morgan fingerprint density at radius 2 is 2.10 bits per heavy atom. The van der Waals surface area contributed by atoms with E-state index in [1.54, 1.807) is 19.2 Å². The van der Waals surface area contributed by atoms with Gasteiger partial charge in [-0.25, -0.2) is 4.39 Å². The van der Waals surface area contributed by atoms with E-state index in [1.165, 1.54) is 16.7 Å². The topological polar surface area (TPSA) is 20.2 Å². The Balaban J connectivity index is 3.05. The number of thiophene rings is 1. The van der Waals surface area contributed by atoms with E-state index in [2.05, 4.69) is 0 Å². The van der Waals surface area contributed by atoms with E-state index >= 15 is 0 Å². The molecule has 1 aromatic rings. The van der Waals surface area contributed by atoms with E-state index in [1.807, 2.05) is 0 Å². The fourth-order valence-electron chi connectivity index (χ4n) is 0.718. The van der Waals surface area contributed by atoms with Gasteiger partial charge in [0.15, 0.2) is 0 Å². The van der Waals surface area contributed by atoms with Gasteiger partial charge in [0, 0.05) is 10.9 Å². The van der Waals surface area contributed by atoms with Gasteiger partial charge in [0.2, 0.25) is 0 Å². The first-order chi connectivity index (χ1) is 4.52. The molecule has 3 heteroatoms. The maximum atomic E-state index is 12.7. The molecule has 0 bridgehead atoms. The second-order valence-corrected chi connectivity index (χ2v) is 3.44. The van der Waals surface area contributed by atoms with Crippen LogP contribution in [0.5, 0.6) is 0 Å². The summed E-state index contributed by atoms with van der Waals surface area (Å²) in [7, 11) is 0. The summed E-state index contributed by atoms with van der Waals surface area (Å²) < 4.78 is 12.7. The molecule has 10 heavy (non-hydrogen) atoms. The van der Waals surface area contributed by atoms with Crippen molar-refractivity contribution in [2.24, 2.45) is 0 Å². The molecule has 0 aliphatic heterocycles. The van der Waals surface area contributed by atoms with Gasteiger partial charge in [-0.05, 0) is 19.2 Å². The second kappa shape index (κ2) is 2.32. The third kappa shape index (κ3) is 1.36. The average Bonchev–Trinajstić information content (AvgIpc) is 2.11. The van der Waals surface area contributed by atoms with Gasteiger partial charge in [0.25, 0.3) is 0 Å². The lowest BCUT2D eigenvalue weighted by molar-refractivity contribution is 0.0752. The Hall–Kier alpha value is -0.410. The molecule has 0 radical (unpaired) electrons. The summed E-state index contributed by atoms with van der Waals surface area (Å²) in [5.74, 6) is -0.322. The van der Waals surface area contributed by atoms with Crippen molar-refractivity contribution in [3.63, 3.8) is 0 Å². The van der Waals surface area contributed by atoms with Crippen LogP contribution >= 0.6 is 11.3 Å². The number of hydrogen-bond acceptors (Lipinski definition) is 2. The summed E-state index contributed by atoms with van der Waals surface area (Å²) in [6.45, 7) is 3.14. The number of aliphatic hydroxyl groups is 1. The molecule has 0 atom stereocenters. The van der Waals surface area contributed by atoms with Crippen LogP contribution in [-0.2, 0) is 5.60 Å². The van der Waals surface area contributed by atoms with Crippen LogP contribution in [0.15, 0.2) is 10.8 Å². The zero-order valence-electron chi connectivity index (χ0n) is 5.89. The first-order valence-corrected chi connectivity index (χ1v) is 3.90. The smallest absolute Gasteiger partial charge is 0.139 e. The molecule has 0 aromatic carbocycles. The quantitative estimate of drug-likeness (QED) is 0.667. The lowest BCUT2D eigenvalue weighted by Gasteiger charge is -2.14. The molecule has 1 heterocycles. The number of halogens is 1. The molecule has 0 amide bonds. The standard InChI is InChI=1S/C7H9FOS/c1-7(2,9)5-3-10-4-6(5)8/h3-4,9H,1-2H3. The molecule has 1 aromatic heterocycles. The largest absolute Gasteiger partial charge is 0.386 e. The molecular weight excluding hydrogens is 151 g/mol. The van der Waals surface area contributed by atoms with E-state index in [4.69, 9.17) is 0 Å². The molecule has 56 valence electrons. The molecule has 0 aliphatic carbocycles. The highest BCUT2D eigenvalue weighted by Crippen LogP contribution is 2.25. The van der Waals surface area contributed by atoms with E-state index < -0.39 is 5.60 Å². The first kappa shape index (κ1) is 7.69. The molecular formula is C7H9FOS. The van der Waals surface area contributed by atoms with Crippen molar-refractivity contribution in [1.82, 2.24) is 0 Å². The number of rotatable bonds is 1. The van der Waals surface area contributed by atoms with Gasteiger partial charge in [-0.2, -0.15) is 0 Å². The van der Waals surface area contributed by atoms with Crippen molar-refractivity contribution in [3.8, 4) is 0 Å². The van der Waals surface area contributed by atoms with E-state index in [0.717, 1.165) is 0 Å². The van der Waals surface area contributed by atoms with Crippen LogP contribution in [0.1, 0.15) is 19.4 Å². The molecule has 0 aliphatic rings. The van der Waals surface area contributed by atoms with Crippen molar-refractivity contribution < 1.29 is 9.50 Å². The van der Waals surface area contributed by atoms with Crippen molar-refractivity contribution in [1.29, 1.82) is 0 Å². The minimum Gasteiger partial charge on any atom is -0.386 e. The van der Waals surface area contributed by atoms with Crippen molar-refractivity contribution >= 4 is 11.3 Å². The van der Waals surface area contributed by atoms with E-state index in [0.29, 0.717) is 5.56 Å². The predicted octanol–water partition coefficient (Wildman–Crippen LogP) is 2.11. The Morgan fingerprint density at radius 1 is 1.50 bits per heavy atom. The molecule has 0 fully saturated rings. The molecule has 0 saturated carbocycles. The highest BCUT2D eigenvalue weighted by atomic mass is 32.1. The summed E-state index contributed by atoms with van der Waals surface area (Å²) in [4.78, 5) is 0. The lowest BCUT2D eigenvalue weighted by atomic mass is 10.0. The van der Waals surface area contributed by atoms with Gasteiger partial charge >= 0.3 is 0 Å². The Kier molecular flexibility index (Phi) is 1.79. The molecule has 0 saturated heterocycles. The second-order valence-electron chi connectivity index (χ2n) is 2.69. The SMILES string of the molecule is CC(C)(O)c1cscc1F. The maximum Gasteiger partial charge on any atom is 0.139 e. The van der Waals surface area contributed by atoms with Crippen molar-refractivity contribution in [2.75, 3.05) is 0 Å². The van der Waals surface area contributed by atoms with Gasteiger partial charge in [0.1, 0.15) is 5.82 Å². The van der Waals surface area contributed by atoms with Gasteiger partial charge in [-0.1, -0.05) is 0 Å². The van der Waals surface area contributed by atoms with Crippen molar-refractivity contribution in [2.45, 2.75) is 19.4 Å². The zero-order chi connectivity index (χ0) is 7.78. The van der Waals surface area contributed by atoms with Gasteiger partial charge in [-0.15, -0.1) is 11.3 Å². The molecule has 1 nitrogen and oxygen atoms in total. The number of hydrogen-bond donors (Lipinski definition) is 1. The van der Waals surface area contributed by atoms with Crippen LogP contribution in [0, 0.1) is 5.82 Å². The normalized spacial score (nSPS) is 12.0. The highest BCUT2D eigenvalue weighted by Gasteiger charge is 2.20. The third-order valence-corrected chi connectivity index (χ3v) is 1.99. The molecule has 0 spiro atoms. The van der Waals surface area contributed by atoms with Crippen LogP contribution in [0.25, 0.3) is 0 Å². The Morgan fingerprint density at radius 3 is 2.30 bits per heavy atom. The van der Waals surface area contributed by atoms with Crippen LogP contribution in [0.4, 0.5) is 4.39 Å². The summed E-state index contributed by atoms with van der Waals surface area (Å²) in [6.07, 6.45) is 0. The van der Waals surface area contributed by atoms with Crippen LogP contribution in [0.3, 0.4) is 0 Å². The highest BCUT2D eigenvalue weighted by molar-refractivity contribution is 7.08. The first-order valence-electron chi connectivity index (χ1n) is 2.96. The van der Waals surface area contributed by atoms with Gasteiger partial charge in [-0.3, -0.25) is 0 Å². The zero-order valence-corrected chi connectivity index (χ0v) is 6.70. The van der Waals surface area contributed by atoms with Crippen LogP contribution in [-0.4, -0.2) is 5.11 Å². The van der Waals surface area contributed by atoms with Crippen LogP contribution < -0.4 is 0 Å². The minimum atomic E-state index is -1.05. The summed E-state index contributed by atoms with van der Waals surface area (Å²) in [5, 5.41) is 12.3. The predicted molar refractivity (Wildman–Crippen MR) is 39.5 cm³/mol. The summed E-state index contributed by atoms with van der Waals surface area (Å²) >= 11 is 1.26. The van der Waals surface area contributed by atoms with E-state index in [-0.39, 0.29) is 5.82 Å². The molecule has 1 rings (SSSR count). The summed E-state index contributed by atoms with van der Waals surface area (Å²) in [6, 6.07) is 0. The van der Waals surface area contributed by atoms with Gasteiger partial charge < -0.3 is 5.11 Å². The minimum absolute atomic E-state index is 0.322. The fourth-order valence-corrected chi connectivity index (χ4v) is 1.57. The Labute approximate surface area is 63.1 Å². The molecule has 0 unspecified atom stereocenters. The third-order valence-electron chi connectivity index (χ3n) is 1.27. The van der Waals surface area contributed by atoms with Gasteiger partial charge in [0.05, 0.1) is 5.60 Å². The van der Waals surface area contributed by atoms with E-state index in [9.17, 15) is 9.50 Å². The van der Waals surface area contributed by atoms with Crippen molar-refractivity contribution in [3.05, 3.63) is 22.1 Å². The van der Waals surface area contributed by atoms with Crippen LogP contribution in [0.2, 0.25) is 0 Å². The fraction of sp³-hybridized carbons (Fsp3) is 0.429.